The van der Waals surface area contributed by atoms with Crippen LogP contribution in [-0.2, 0) is 6.42 Å². The van der Waals surface area contributed by atoms with Gasteiger partial charge in [0, 0.05) is 34.4 Å². The number of nitrogens with zero attached hydrogens (tertiary/aromatic N) is 1. The molecule has 5 nitrogen and oxygen atoms in total. The van der Waals surface area contributed by atoms with Crippen LogP contribution < -0.4 is 11.5 Å². The van der Waals surface area contributed by atoms with Gasteiger partial charge in [-0.3, -0.25) is 9.59 Å². The minimum atomic E-state index is -0.548. The van der Waals surface area contributed by atoms with Crippen molar-refractivity contribution in [2.24, 2.45) is 5.73 Å². The number of hydrogen-bond acceptors (Lipinski definition) is 3. The third kappa shape index (κ3) is 2.01. The molecule has 0 aliphatic heterocycles. The molecule has 0 atom stereocenters. The number of nitrogens with two attached hydrogens (primary N) is 2. The number of Topliss-reactive ketones (excluding diaryl/α,β-unsaturated/α-hetero) is 1. The number of para-hydroxylation sites is 1. The van der Waals surface area contributed by atoms with E-state index in [2.05, 4.69) is 4.57 Å². The molecule has 1 aliphatic rings. The first-order valence-electron chi connectivity index (χ1n) is 7.93. The molecular weight excluding hydrogens is 302 g/mol. The summed E-state index contributed by atoms with van der Waals surface area (Å²) in [5, 5.41) is 0.967. The first-order chi connectivity index (χ1) is 11.6. The van der Waals surface area contributed by atoms with Crippen LogP contribution in [0.4, 0.5) is 5.69 Å². The van der Waals surface area contributed by atoms with Gasteiger partial charge in [0.15, 0.2) is 5.78 Å². The van der Waals surface area contributed by atoms with Gasteiger partial charge in [-0.25, -0.2) is 0 Å². The molecule has 1 aliphatic carbocycles. The fourth-order valence-electron chi connectivity index (χ4n) is 3.59. The number of carbonyl (C=O) groups excluding carboxylic acids is 2. The number of fused-ring (bicyclic) bond motifs is 3. The number of rotatable bonds is 2. The largest absolute Gasteiger partial charge is 0.398 e. The Bertz CT molecular complexity index is 1000. The number of carbonyl (C=O) groups is 2. The molecule has 24 heavy (non-hydrogen) atoms. The standard InChI is InChI=1S/C19H17N3O2/c20-14-10-11(8-9-12(14)19(21)24)22-15-5-2-1-4-13(15)18-16(22)6-3-7-17(18)23/h1-2,4-5,8-10H,3,6-7,20H2,(H2,21,24). The number of nitrogen functional groups attached to an aromatic ring is 1. The Kier molecular flexibility index (Phi) is 3.16. The van der Waals surface area contributed by atoms with Crippen molar-refractivity contribution in [3.05, 3.63) is 59.3 Å². The summed E-state index contributed by atoms with van der Waals surface area (Å²) >= 11 is 0. The highest BCUT2D eigenvalue weighted by atomic mass is 16.1. The van der Waals surface area contributed by atoms with Gasteiger partial charge in [-0.1, -0.05) is 18.2 Å². The van der Waals surface area contributed by atoms with E-state index in [4.69, 9.17) is 11.5 Å². The Morgan fingerprint density at radius 2 is 1.88 bits per heavy atom. The number of hydrogen-bond donors (Lipinski definition) is 2. The van der Waals surface area contributed by atoms with Crippen LogP contribution in [0.3, 0.4) is 0 Å². The Labute approximate surface area is 138 Å². The van der Waals surface area contributed by atoms with E-state index in [-0.39, 0.29) is 5.78 Å². The zero-order chi connectivity index (χ0) is 16.8. The van der Waals surface area contributed by atoms with E-state index in [1.807, 2.05) is 30.3 Å². The lowest BCUT2D eigenvalue weighted by Crippen LogP contribution is -2.15. The van der Waals surface area contributed by atoms with Crippen LogP contribution in [0, 0.1) is 0 Å². The van der Waals surface area contributed by atoms with Crippen LogP contribution in [0.2, 0.25) is 0 Å². The maximum atomic E-state index is 12.5. The van der Waals surface area contributed by atoms with Crippen molar-refractivity contribution in [3.8, 4) is 5.69 Å². The molecule has 4 N–H and O–H groups in total. The highest BCUT2D eigenvalue weighted by molar-refractivity contribution is 6.10. The van der Waals surface area contributed by atoms with E-state index in [9.17, 15) is 9.59 Å². The number of benzene rings is 2. The summed E-state index contributed by atoms with van der Waals surface area (Å²) in [6.07, 6.45) is 2.27. The van der Waals surface area contributed by atoms with Gasteiger partial charge in [-0.15, -0.1) is 0 Å². The van der Waals surface area contributed by atoms with Crippen LogP contribution in [0.5, 0.6) is 0 Å². The van der Waals surface area contributed by atoms with Crippen molar-refractivity contribution in [1.29, 1.82) is 0 Å². The van der Waals surface area contributed by atoms with Crippen LogP contribution in [-0.4, -0.2) is 16.3 Å². The predicted octanol–water partition coefficient (Wildman–Crippen LogP) is 2.83. The molecule has 1 aromatic heterocycles. The van der Waals surface area contributed by atoms with Crippen molar-refractivity contribution in [1.82, 2.24) is 4.57 Å². The normalized spacial score (nSPS) is 13.9. The quantitative estimate of drug-likeness (QED) is 0.712. The number of ketones is 1. The number of aromatic nitrogens is 1. The third-order valence-electron chi connectivity index (χ3n) is 4.63. The van der Waals surface area contributed by atoms with Gasteiger partial charge in [0.05, 0.1) is 11.1 Å². The van der Waals surface area contributed by atoms with Crippen molar-refractivity contribution in [3.63, 3.8) is 0 Å². The van der Waals surface area contributed by atoms with E-state index in [0.29, 0.717) is 17.7 Å². The third-order valence-corrected chi connectivity index (χ3v) is 4.63. The van der Waals surface area contributed by atoms with Gasteiger partial charge < -0.3 is 16.0 Å². The topological polar surface area (TPSA) is 91.1 Å². The molecule has 0 spiro atoms. The van der Waals surface area contributed by atoms with E-state index >= 15 is 0 Å². The fourth-order valence-corrected chi connectivity index (χ4v) is 3.59. The van der Waals surface area contributed by atoms with Gasteiger partial charge >= 0.3 is 0 Å². The maximum absolute atomic E-state index is 12.5. The van der Waals surface area contributed by atoms with Crippen LogP contribution in [0.1, 0.15) is 39.3 Å². The zero-order valence-electron chi connectivity index (χ0n) is 13.1. The molecule has 0 saturated heterocycles. The van der Waals surface area contributed by atoms with E-state index in [1.54, 1.807) is 12.1 Å². The lowest BCUT2D eigenvalue weighted by atomic mass is 9.94. The Morgan fingerprint density at radius 3 is 2.62 bits per heavy atom. The number of primary amides is 1. The minimum Gasteiger partial charge on any atom is -0.398 e. The highest BCUT2D eigenvalue weighted by Crippen LogP contribution is 2.35. The molecule has 0 fully saturated rings. The van der Waals surface area contributed by atoms with Crippen molar-refractivity contribution < 1.29 is 9.59 Å². The summed E-state index contributed by atoms with van der Waals surface area (Å²) in [5.41, 5.74) is 15.6. The first-order valence-corrected chi connectivity index (χ1v) is 7.93. The molecule has 120 valence electrons. The second-order valence-corrected chi connectivity index (χ2v) is 6.09. The molecule has 3 aromatic rings. The molecule has 2 aromatic carbocycles. The summed E-state index contributed by atoms with van der Waals surface area (Å²) in [7, 11) is 0. The molecular formula is C19H17N3O2. The number of anilines is 1. The van der Waals surface area contributed by atoms with Crippen LogP contribution in [0.25, 0.3) is 16.6 Å². The van der Waals surface area contributed by atoms with Crippen molar-refractivity contribution in [2.45, 2.75) is 19.3 Å². The Morgan fingerprint density at radius 1 is 1.08 bits per heavy atom. The van der Waals surface area contributed by atoms with Gasteiger partial charge in [-0.2, -0.15) is 0 Å². The van der Waals surface area contributed by atoms with Gasteiger partial charge in [0.1, 0.15) is 0 Å². The lowest BCUT2D eigenvalue weighted by Gasteiger charge is -2.16. The Hall–Kier alpha value is -3.08. The van der Waals surface area contributed by atoms with Crippen molar-refractivity contribution >= 4 is 28.3 Å². The number of amides is 1. The maximum Gasteiger partial charge on any atom is 0.250 e. The molecule has 1 heterocycles. The SMILES string of the molecule is NC(=O)c1ccc(-n2c3c(c4ccccc42)C(=O)CCC3)cc1N. The van der Waals surface area contributed by atoms with Crippen LogP contribution >= 0.6 is 0 Å². The highest BCUT2D eigenvalue weighted by Gasteiger charge is 2.26. The van der Waals surface area contributed by atoms with E-state index in [1.165, 1.54) is 0 Å². The van der Waals surface area contributed by atoms with E-state index < -0.39 is 5.91 Å². The molecule has 5 heteroatoms. The predicted molar refractivity (Wildman–Crippen MR) is 93.5 cm³/mol. The summed E-state index contributed by atoms with van der Waals surface area (Å²) in [6.45, 7) is 0. The lowest BCUT2D eigenvalue weighted by molar-refractivity contribution is 0.0971. The molecule has 0 bridgehead atoms. The smallest absolute Gasteiger partial charge is 0.250 e. The molecule has 4 rings (SSSR count). The summed E-state index contributed by atoms with van der Waals surface area (Å²) in [6, 6.07) is 13.1. The van der Waals surface area contributed by atoms with Crippen LogP contribution in [0.15, 0.2) is 42.5 Å². The monoisotopic (exact) mass is 319 g/mol. The Balaban J connectivity index is 2.03. The first kappa shape index (κ1) is 14.5. The van der Waals surface area contributed by atoms with Gasteiger partial charge in [0.25, 0.3) is 5.91 Å². The second kappa shape index (κ2) is 5.23. The van der Waals surface area contributed by atoms with E-state index in [0.717, 1.165) is 40.7 Å². The molecule has 0 saturated carbocycles. The average molecular weight is 319 g/mol. The zero-order valence-corrected chi connectivity index (χ0v) is 13.1. The summed E-state index contributed by atoms with van der Waals surface area (Å²) < 4.78 is 2.07. The summed E-state index contributed by atoms with van der Waals surface area (Å²) in [4.78, 5) is 23.9. The minimum absolute atomic E-state index is 0.188. The molecule has 0 unspecified atom stereocenters. The van der Waals surface area contributed by atoms with Crippen molar-refractivity contribution in [2.75, 3.05) is 5.73 Å². The average Bonchev–Trinajstić information content (AvgIpc) is 2.90. The fraction of sp³-hybridized carbons (Fsp3) is 0.158. The van der Waals surface area contributed by atoms with Gasteiger partial charge in [-0.05, 0) is 37.1 Å². The summed E-state index contributed by atoms with van der Waals surface area (Å²) in [5.74, 6) is -0.360. The second-order valence-electron chi connectivity index (χ2n) is 6.09. The molecule has 1 amide bonds. The van der Waals surface area contributed by atoms with Gasteiger partial charge in [0.2, 0.25) is 0 Å². The molecule has 0 radical (unpaired) electrons.